The van der Waals surface area contributed by atoms with Crippen LogP contribution in [0.1, 0.15) is 0 Å². The Kier molecular flexibility index (Phi) is 57.6. The van der Waals surface area contributed by atoms with E-state index in [9.17, 15) is 0 Å². The SMILES string of the molecule is COCCOC.[Cl-].[Cl-].[Co+2]. The molecule has 0 unspecified atom stereocenters. The summed E-state index contributed by atoms with van der Waals surface area (Å²) >= 11 is 0. The van der Waals surface area contributed by atoms with Crippen molar-refractivity contribution in [2.45, 2.75) is 0 Å². The molecule has 61 valence electrons. The predicted molar refractivity (Wildman–Crippen MR) is 23.8 cm³/mol. The Morgan fingerprint density at radius 1 is 0.889 bits per heavy atom. The van der Waals surface area contributed by atoms with Gasteiger partial charge < -0.3 is 34.3 Å². The molecule has 2 nitrogen and oxygen atoms in total. The van der Waals surface area contributed by atoms with Crippen LogP contribution < -0.4 is 24.8 Å². The second-order valence-corrected chi connectivity index (χ2v) is 0.986. The standard InChI is InChI=1S/C4H10O2.2ClH.Co/c1-5-3-4-6-2;;;/h3-4H2,1-2H3;2*1H;/q;;;+2/p-2. The first-order valence-electron chi connectivity index (χ1n) is 1.89. The van der Waals surface area contributed by atoms with Crippen LogP contribution in [0.15, 0.2) is 0 Å². The van der Waals surface area contributed by atoms with Gasteiger partial charge in [0.15, 0.2) is 0 Å². The monoisotopic (exact) mass is 219 g/mol. The molecule has 0 fully saturated rings. The Morgan fingerprint density at radius 3 is 1.22 bits per heavy atom. The molecule has 0 heterocycles. The van der Waals surface area contributed by atoms with Crippen LogP contribution in [-0.2, 0) is 26.3 Å². The first-order chi connectivity index (χ1) is 2.91. The smallest absolute Gasteiger partial charge is 1.00 e. The van der Waals surface area contributed by atoms with Crippen molar-refractivity contribution in [3.05, 3.63) is 0 Å². The zero-order valence-electron chi connectivity index (χ0n) is 5.32. The molecule has 0 aliphatic heterocycles. The molecule has 0 aliphatic rings. The van der Waals surface area contributed by atoms with E-state index in [2.05, 4.69) is 9.47 Å². The summed E-state index contributed by atoms with van der Waals surface area (Å²) in [6.07, 6.45) is 0. The third kappa shape index (κ3) is 27.5. The maximum atomic E-state index is 4.66. The molecule has 0 saturated heterocycles. The van der Waals surface area contributed by atoms with Crippen molar-refractivity contribution in [3.63, 3.8) is 0 Å². The van der Waals surface area contributed by atoms with Crippen LogP contribution in [0.2, 0.25) is 0 Å². The van der Waals surface area contributed by atoms with Gasteiger partial charge in [0.05, 0.1) is 13.2 Å². The predicted octanol–water partition coefficient (Wildman–Crippen LogP) is -5.72. The molecular formula is C4H10Cl2CoO2. The third-order valence-corrected chi connectivity index (χ3v) is 0.492. The molecule has 0 amide bonds. The Hall–Kier alpha value is 1.01. The van der Waals surface area contributed by atoms with Crippen molar-refractivity contribution in [2.24, 2.45) is 0 Å². The van der Waals surface area contributed by atoms with Gasteiger partial charge in [0, 0.05) is 14.2 Å². The van der Waals surface area contributed by atoms with Crippen molar-refractivity contribution >= 4 is 0 Å². The molecule has 0 N–H and O–H groups in total. The molecule has 0 bridgehead atoms. The summed E-state index contributed by atoms with van der Waals surface area (Å²) in [7, 11) is 3.30. The number of methoxy groups -OCH3 is 2. The fourth-order valence-corrected chi connectivity index (χ4v) is 0.167. The maximum Gasteiger partial charge on any atom is 2.00 e. The van der Waals surface area contributed by atoms with E-state index < -0.39 is 0 Å². The van der Waals surface area contributed by atoms with Gasteiger partial charge >= 0.3 is 16.8 Å². The van der Waals surface area contributed by atoms with E-state index in [1.165, 1.54) is 0 Å². The molecule has 0 aliphatic carbocycles. The quantitative estimate of drug-likeness (QED) is 0.441. The van der Waals surface area contributed by atoms with Crippen molar-refractivity contribution in [1.29, 1.82) is 0 Å². The van der Waals surface area contributed by atoms with Gasteiger partial charge in [-0.15, -0.1) is 0 Å². The fraction of sp³-hybridized carbons (Fsp3) is 1.00. The number of rotatable bonds is 3. The first-order valence-corrected chi connectivity index (χ1v) is 1.89. The van der Waals surface area contributed by atoms with Gasteiger partial charge in [-0.25, -0.2) is 0 Å². The van der Waals surface area contributed by atoms with E-state index in [1.54, 1.807) is 14.2 Å². The van der Waals surface area contributed by atoms with Crippen LogP contribution in [0.5, 0.6) is 0 Å². The van der Waals surface area contributed by atoms with E-state index in [4.69, 9.17) is 0 Å². The number of hydrogen-bond donors (Lipinski definition) is 0. The summed E-state index contributed by atoms with van der Waals surface area (Å²) in [5, 5.41) is 0. The molecular weight excluding hydrogens is 210 g/mol. The van der Waals surface area contributed by atoms with Gasteiger partial charge in [0.2, 0.25) is 0 Å². The van der Waals surface area contributed by atoms with Crippen molar-refractivity contribution in [3.8, 4) is 0 Å². The van der Waals surface area contributed by atoms with E-state index in [-0.39, 0.29) is 41.6 Å². The van der Waals surface area contributed by atoms with Gasteiger partial charge in [-0.1, -0.05) is 0 Å². The molecule has 1 radical (unpaired) electrons. The van der Waals surface area contributed by atoms with Crippen LogP contribution in [-0.4, -0.2) is 27.4 Å². The van der Waals surface area contributed by atoms with E-state index in [0.29, 0.717) is 13.2 Å². The van der Waals surface area contributed by atoms with Crippen LogP contribution in [0, 0.1) is 0 Å². The Labute approximate surface area is 78.7 Å². The van der Waals surface area contributed by atoms with Crippen LogP contribution in [0.25, 0.3) is 0 Å². The van der Waals surface area contributed by atoms with Crippen LogP contribution >= 0.6 is 0 Å². The van der Waals surface area contributed by atoms with Crippen molar-refractivity contribution in [1.82, 2.24) is 0 Å². The van der Waals surface area contributed by atoms with Gasteiger partial charge in [0.25, 0.3) is 0 Å². The summed E-state index contributed by atoms with van der Waals surface area (Å²) in [5.41, 5.74) is 0. The van der Waals surface area contributed by atoms with Gasteiger partial charge in [0.1, 0.15) is 0 Å². The molecule has 0 rings (SSSR count). The largest absolute Gasteiger partial charge is 2.00 e. The molecule has 0 aromatic carbocycles. The normalized spacial score (nSPS) is 6.00. The second-order valence-electron chi connectivity index (χ2n) is 0.986. The minimum absolute atomic E-state index is 0. The van der Waals surface area contributed by atoms with Crippen molar-refractivity contribution in [2.75, 3.05) is 27.4 Å². The Morgan fingerprint density at radius 2 is 1.11 bits per heavy atom. The number of ether oxygens (including phenoxy) is 2. The minimum Gasteiger partial charge on any atom is -1.00 e. The minimum atomic E-state index is 0. The topological polar surface area (TPSA) is 18.5 Å². The van der Waals surface area contributed by atoms with E-state index in [1.807, 2.05) is 0 Å². The van der Waals surface area contributed by atoms with Crippen molar-refractivity contribution < 1.29 is 51.1 Å². The van der Waals surface area contributed by atoms with Gasteiger partial charge in [-0.3, -0.25) is 0 Å². The molecule has 0 saturated carbocycles. The summed E-state index contributed by atoms with van der Waals surface area (Å²) < 4.78 is 9.31. The third-order valence-electron chi connectivity index (χ3n) is 0.492. The second kappa shape index (κ2) is 23.0. The number of halogens is 2. The molecule has 0 aromatic rings. The van der Waals surface area contributed by atoms with Gasteiger partial charge in [-0.05, 0) is 0 Å². The van der Waals surface area contributed by atoms with E-state index in [0.717, 1.165) is 0 Å². The average Bonchev–Trinajstić information content (AvgIpc) is 1.61. The number of hydrogen-bond acceptors (Lipinski definition) is 2. The molecule has 9 heavy (non-hydrogen) atoms. The maximum absolute atomic E-state index is 4.66. The zero-order valence-corrected chi connectivity index (χ0v) is 7.87. The zero-order chi connectivity index (χ0) is 4.83. The summed E-state index contributed by atoms with van der Waals surface area (Å²) in [4.78, 5) is 0. The first kappa shape index (κ1) is 22.5. The summed E-state index contributed by atoms with van der Waals surface area (Å²) in [6.45, 7) is 1.38. The Balaban J connectivity index is -0.0000000417. The molecule has 0 atom stereocenters. The van der Waals surface area contributed by atoms with Gasteiger partial charge in [-0.2, -0.15) is 0 Å². The van der Waals surface area contributed by atoms with E-state index >= 15 is 0 Å². The summed E-state index contributed by atoms with van der Waals surface area (Å²) in [6, 6.07) is 0. The fourth-order valence-electron chi connectivity index (χ4n) is 0.167. The average molecular weight is 220 g/mol. The summed E-state index contributed by atoms with van der Waals surface area (Å²) in [5.74, 6) is 0. The molecule has 0 spiro atoms. The molecule has 5 heteroatoms. The Bertz CT molecular complexity index is 28.5. The van der Waals surface area contributed by atoms with Crippen LogP contribution in [0.3, 0.4) is 0 Å². The van der Waals surface area contributed by atoms with Crippen LogP contribution in [0.4, 0.5) is 0 Å². The molecule has 0 aromatic heterocycles.